The maximum absolute atomic E-state index is 13.8. The number of ether oxygens (including phenoxy) is 1. The fourth-order valence-corrected chi connectivity index (χ4v) is 2.86. The van der Waals surface area contributed by atoms with Crippen LogP contribution in [0.1, 0.15) is 46.8 Å². The summed E-state index contributed by atoms with van der Waals surface area (Å²) < 4.78 is 19.7. The van der Waals surface area contributed by atoms with Gasteiger partial charge in [-0.1, -0.05) is 68.4 Å². The van der Waals surface area contributed by atoms with Crippen molar-refractivity contribution in [2.24, 2.45) is 0 Å². The second-order valence-corrected chi connectivity index (χ2v) is 6.96. The van der Waals surface area contributed by atoms with Gasteiger partial charge in [0.15, 0.2) is 0 Å². The Morgan fingerprint density at radius 2 is 1.71 bits per heavy atom. The molecule has 0 aromatic heterocycles. The lowest BCUT2D eigenvalue weighted by Gasteiger charge is -2.15. The van der Waals surface area contributed by atoms with Crippen molar-refractivity contribution >= 4 is 5.91 Å². The minimum absolute atomic E-state index is 0.121. The predicted molar refractivity (Wildman–Crippen MR) is 109 cm³/mol. The van der Waals surface area contributed by atoms with Crippen molar-refractivity contribution in [3.63, 3.8) is 0 Å². The lowest BCUT2D eigenvalue weighted by atomic mass is 10.00. The molecule has 0 atom stereocenters. The van der Waals surface area contributed by atoms with Gasteiger partial charge in [-0.05, 0) is 35.2 Å². The van der Waals surface area contributed by atoms with E-state index >= 15 is 0 Å². The highest BCUT2D eigenvalue weighted by molar-refractivity contribution is 5.97. The third kappa shape index (κ3) is 4.97. The highest BCUT2D eigenvalue weighted by atomic mass is 19.1. The molecule has 3 rings (SSSR count). The number of benzene rings is 3. The van der Waals surface area contributed by atoms with Crippen molar-refractivity contribution in [3.05, 3.63) is 101 Å². The molecule has 1 N–H and O–H groups in total. The number of hydrogen-bond acceptors (Lipinski definition) is 2. The molecule has 0 fully saturated rings. The first kappa shape index (κ1) is 19.6. The fraction of sp³-hybridized carbons (Fsp3) is 0.208. The smallest absolute Gasteiger partial charge is 0.255 e. The van der Waals surface area contributed by atoms with E-state index in [0.717, 1.165) is 11.1 Å². The van der Waals surface area contributed by atoms with Gasteiger partial charge in [-0.15, -0.1) is 0 Å². The Balaban J connectivity index is 1.78. The molecule has 0 unspecified atom stereocenters. The van der Waals surface area contributed by atoms with E-state index in [2.05, 4.69) is 19.2 Å². The second kappa shape index (κ2) is 9.18. The zero-order valence-electron chi connectivity index (χ0n) is 16.1. The van der Waals surface area contributed by atoms with Crippen molar-refractivity contribution in [1.29, 1.82) is 0 Å². The van der Waals surface area contributed by atoms with Gasteiger partial charge >= 0.3 is 0 Å². The van der Waals surface area contributed by atoms with Crippen LogP contribution >= 0.6 is 0 Å². The molecule has 0 aliphatic heterocycles. The number of nitrogens with one attached hydrogen (secondary N) is 1. The van der Waals surface area contributed by atoms with Crippen LogP contribution < -0.4 is 10.1 Å². The van der Waals surface area contributed by atoms with E-state index in [-0.39, 0.29) is 24.2 Å². The largest absolute Gasteiger partial charge is 0.488 e. The molecule has 0 heterocycles. The number of carbonyl (C=O) groups is 1. The first-order valence-corrected chi connectivity index (χ1v) is 9.37. The number of amides is 1. The lowest BCUT2D eigenvalue weighted by molar-refractivity contribution is 0.0946. The fourth-order valence-electron chi connectivity index (χ4n) is 2.86. The Bertz CT molecular complexity index is 938. The third-order valence-electron chi connectivity index (χ3n) is 4.55. The van der Waals surface area contributed by atoms with Gasteiger partial charge in [-0.3, -0.25) is 4.79 Å². The average Bonchev–Trinajstić information content (AvgIpc) is 2.72. The van der Waals surface area contributed by atoms with Gasteiger partial charge in [-0.25, -0.2) is 4.39 Å². The normalized spacial score (nSPS) is 10.7. The minimum atomic E-state index is -0.334. The summed E-state index contributed by atoms with van der Waals surface area (Å²) in [5, 5.41) is 2.80. The van der Waals surface area contributed by atoms with Crippen LogP contribution in [-0.4, -0.2) is 5.91 Å². The van der Waals surface area contributed by atoms with Gasteiger partial charge in [0.05, 0.1) is 5.56 Å². The first-order valence-electron chi connectivity index (χ1n) is 9.37. The predicted octanol–water partition coefficient (Wildman–Crippen LogP) is 5.46. The second-order valence-electron chi connectivity index (χ2n) is 6.96. The molecule has 3 nitrogen and oxygen atoms in total. The van der Waals surface area contributed by atoms with Gasteiger partial charge in [-0.2, -0.15) is 0 Å². The molecular formula is C24H24FNO2. The molecular weight excluding hydrogens is 353 g/mol. The molecule has 0 aliphatic carbocycles. The van der Waals surface area contributed by atoms with Crippen LogP contribution in [0, 0.1) is 5.82 Å². The Morgan fingerprint density at radius 1 is 1.00 bits per heavy atom. The third-order valence-corrected chi connectivity index (χ3v) is 4.55. The Labute approximate surface area is 165 Å². The SMILES string of the molecule is CC(C)c1ccc(OCc2ccccc2)c(C(=O)NCc2ccccc2F)c1. The number of hydrogen-bond donors (Lipinski definition) is 1. The zero-order chi connectivity index (χ0) is 19.9. The summed E-state index contributed by atoms with van der Waals surface area (Å²) >= 11 is 0. The Morgan fingerprint density at radius 3 is 2.43 bits per heavy atom. The monoisotopic (exact) mass is 377 g/mol. The molecule has 144 valence electrons. The molecule has 0 radical (unpaired) electrons. The summed E-state index contributed by atoms with van der Waals surface area (Å²) in [6.45, 7) is 4.63. The molecule has 4 heteroatoms. The highest BCUT2D eigenvalue weighted by Crippen LogP contribution is 2.25. The van der Waals surface area contributed by atoms with Crippen molar-refractivity contribution in [3.8, 4) is 5.75 Å². The van der Waals surface area contributed by atoms with E-state index in [0.29, 0.717) is 23.5 Å². The van der Waals surface area contributed by atoms with Crippen LogP contribution in [0.2, 0.25) is 0 Å². The van der Waals surface area contributed by atoms with E-state index in [1.54, 1.807) is 18.2 Å². The summed E-state index contributed by atoms with van der Waals surface area (Å²) in [7, 11) is 0. The van der Waals surface area contributed by atoms with E-state index in [9.17, 15) is 9.18 Å². The summed E-state index contributed by atoms with van der Waals surface area (Å²) in [6.07, 6.45) is 0. The number of carbonyl (C=O) groups excluding carboxylic acids is 1. The molecule has 3 aromatic carbocycles. The highest BCUT2D eigenvalue weighted by Gasteiger charge is 2.15. The van der Waals surface area contributed by atoms with Crippen molar-refractivity contribution < 1.29 is 13.9 Å². The van der Waals surface area contributed by atoms with Crippen molar-refractivity contribution in [1.82, 2.24) is 5.32 Å². The van der Waals surface area contributed by atoms with E-state index < -0.39 is 0 Å². The zero-order valence-corrected chi connectivity index (χ0v) is 16.1. The van der Waals surface area contributed by atoms with Gasteiger partial charge in [0.2, 0.25) is 0 Å². The summed E-state index contributed by atoms with van der Waals surface area (Å²) in [5.41, 5.74) is 2.97. The van der Waals surface area contributed by atoms with Crippen molar-refractivity contribution in [2.75, 3.05) is 0 Å². The van der Waals surface area contributed by atoms with Crippen LogP contribution in [0.4, 0.5) is 4.39 Å². The van der Waals surface area contributed by atoms with Crippen LogP contribution in [-0.2, 0) is 13.2 Å². The molecule has 3 aromatic rings. The van der Waals surface area contributed by atoms with Crippen LogP contribution in [0.5, 0.6) is 5.75 Å². The Hall–Kier alpha value is -3.14. The number of rotatable bonds is 7. The molecule has 0 bridgehead atoms. The molecule has 0 saturated carbocycles. The van der Waals surface area contributed by atoms with Gasteiger partial charge < -0.3 is 10.1 Å². The topological polar surface area (TPSA) is 38.3 Å². The maximum atomic E-state index is 13.8. The van der Waals surface area contributed by atoms with Crippen LogP contribution in [0.3, 0.4) is 0 Å². The molecule has 0 aliphatic rings. The van der Waals surface area contributed by atoms with Crippen LogP contribution in [0.15, 0.2) is 72.8 Å². The molecule has 28 heavy (non-hydrogen) atoms. The van der Waals surface area contributed by atoms with Crippen molar-refractivity contribution in [2.45, 2.75) is 32.9 Å². The molecule has 1 amide bonds. The quantitative estimate of drug-likeness (QED) is 0.594. The van der Waals surface area contributed by atoms with Gasteiger partial charge in [0, 0.05) is 12.1 Å². The van der Waals surface area contributed by atoms with Crippen LogP contribution in [0.25, 0.3) is 0 Å². The Kier molecular flexibility index (Phi) is 6.43. The van der Waals surface area contributed by atoms with E-state index in [4.69, 9.17) is 4.74 Å². The maximum Gasteiger partial charge on any atom is 0.255 e. The molecule has 0 saturated heterocycles. The summed E-state index contributed by atoms with van der Waals surface area (Å²) in [4.78, 5) is 12.8. The standard InChI is InChI=1S/C24H24FNO2/c1-17(2)19-12-13-23(28-16-18-8-4-3-5-9-18)21(14-19)24(27)26-15-20-10-6-7-11-22(20)25/h3-14,17H,15-16H2,1-2H3,(H,26,27). The van der Waals surface area contributed by atoms with Gasteiger partial charge in [0.1, 0.15) is 18.2 Å². The van der Waals surface area contributed by atoms with E-state index in [1.807, 2.05) is 48.5 Å². The number of halogens is 1. The van der Waals surface area contributed by atoms with Gasteiger partial charge in [0.25, 0.3) is 5.91 Å². The first-order chi connectivity index (χ1) is 13.5. The molecule has 0 spiro atoms. The van der Waals surface area contributed by atoms with E-state index in [1.165, 1.54) is 6.07 Å². The summed E-state index contributed by atoms with van der Waals surface area (Å²) in [6, 6.07) is 21.9. The average molecular weight is 377 g/mol. The lowest BCUT2D eigenvalue weighted by Crippen LogP contribution is -2.24. The summed E-state index contributed by atoms with van der Waals surface area (Å²) in [5.74, 6) is 0.175. The minimum Gasteiger partial charge on any atom is -0.488 e.